The van der Waals surface area contributed by atoms with Crippen molar-refractivity contribution in [2.75, 3.05) is 0 Å². The van der Waals surface area contributed by atoms with Gasteiger partial charge in [0, 0.05) is 25.8 Å². The summed E-state index contributed by atoms with van der Waals surface area (Å²) in [5, 5.41) is 0.597. The van der Waals surface area contributed by atoms with Gasteiger partial charge in [0.15, 0.2) is 0 Å². The van der Waals surface area contributed by atoms with Gasteiger partial charge in [-0.15, -0.1) is 0 Å². The van der Waals surface area contributed by atoms with Gasteiger partial charge in [-0.3, -0.25) is 14.4 Å². The molecule has 0 N–H and O–H groups in total. The Balaban J connectivity index is 1.91. The molecule has 0 bridgehead atoms. The van der Waals surface area contributed by atoms with Crippen molar-refractivity contribution in [2.24, 2.45) is 0 Å². The third kappa shape index (κ3) is 3.77. The lowest BCUT2D eigenvalue weighted by molar-refractivity contribution is -0.146. The first-order chi connectivity index (χ1) is 12.4. The van der Waals surface area contributed by atoms with Gasteiger partial charge in [-0.2, -0.15) is 0 Å². The fourth-order valence-electron chi connectivity index (χ4n) is 2.70. The van der Waals surface area contributed by atoms with E-state index in [4.69, 9.17) is 9.47 Å². The summed E-state index contributed by atoms with van der Waals surface area (Å²) in [6, 6.07) is 12.3. The Morgan fingerprint density at radius 1 is 1.08 bits per heavy atom. The maximum absolute atomic E-state index is 13.1. The summed E-state index contributed by atoms with van der Waals surface area (Å²) in [5.74, 6) is -1.21. The average molecular weight is 371 g/mol. The summed E-state index contributed by atoms with van der Waals surface area (Å²) < 4.78 is 10.4. The number of carbonyl (C=O) groups is 3. The van der Waals surface area contributed by atoms with E-state index in [1.165, 1.54) is 13.8 Å². The van der Waals surface area contributed by atoms with Crippen molar-refractivity contribution in [1.29, 1.82) is 0 Å². The smallest absolute Gasteiger partial charge is 0.304 e. The molecule has 1 atom stereocenters. The third-order valence-corrected chi connectivity index (χ3v) is 5.08. The number of esters is 2. The Labute approximate surface area is 154 Å². The van der Waals surface area contributed by atoms with E-state index < -0.39 is 16.9 Å². The SMILES string of the molecule is CC(=O)OCc1ccc2c(n1)SC(OC(C)=O)(C(=O)c1ccccc1)C2. The molecule has 2 heterocycles. The molecular weight excluding hydrogens is 354 g/mol. The lowest BCUT2D eigenvalue weighted by atomic mass is 10.00. The molecular formula is C19H17NO5S. The van der Waals surface area contributed by atoms with Crippen LogP contribution < -0.4 is 0 Å². The van der Waals surface area contributed by atoms with Crippen LogP contribution in [-0.4, -0.2) is 27.6 Å². The number of nitrogens with zero attached hydrogens (tertiary/aromatic N) is 1. The first kappa shape index (κ1) is 18.1. The zero-order valence-corrected chi connectivity index (χ0v) is 15.2. The Morgan fingerprint density at radius 3 is 2.46 bits per heavy atom. The number of thioether (sulfide) groups is 1. The normalized spacial score (nSPS) is 18.1. The van der Waals surface area contributed by atoms with Crippen molar-refractivity contribution in [3.05, 3.63) is 59.3 Å². The molecule has 0 saturated heterocycles. The second-order valence-electron chi connectivity index (χ2n) is 5.87. The van der Waals surface area contributed by atoms with Crippen molar-refractivity contribution < 1.29 is 23.9 Å². The van der Waals surface area contributed by atoms with E-state index in [1.807, 2.05) is 12.1 Å². The topological polar surface area (TPSA) is 82.6 Å². The summed E-state index contributed by atoms with van der Waals surface area (Å²) >= 11 is 1.12. The summed E-state index contributed by atoms with van der Waals surface area (Å²) in [5.41, 5.74) is 1.85. The van der Waals surface area contributed by atoms with Crippen molar-refractivity contribution in [3.8, 4) is 0 Å². The van der Waals surface area contributed by atoms with E-state index >= 15 is 0 Å². The summed E-state index contributed by atoms with van der Waals surface area (Å²) in [6.07, 6.45) is 0.237. The van der Waals surface area contributed by atoms with Crippen LogP contribution in [0, 0.1) is 0 Å². The number of ketones is 1. The first-order valence-electron chi connectivity index (χ1n) is 8.00. The van der Waals surface area contributed by atoms with Gasteiger partial charge in [0.05, 0.1) is 5.69 Å². The molecule has 3 rings (SSSR count). The lowest BCUT2D eigenvalue weighted by Crippen LogP contribution is -2.39. The van der Waals surface area contributed by atoms with Crippen LogP contribution in [0.3, 0.4) is 0 Å². The van der Waals surface area contributed by atoms with Crippen LogP contribution in [-0.2, 0) is 32.1 Å². The second-order valence-corrected chi connectivity index (χ2v) is 7.12. The quantitative estimate of drug-likeness (QED) is 0.590. The van der Waals surface area contributed by atoms with Gasteiger partial charge in [-0.1, -0.05) is 36.4 Å². The number of rotatable bonds is 5. The standard InChI is InChI=1S/C19H17NO5S/c1-12(21)24-11-16-9-8-15-10-19(25-13(2)22,26-18(15)20-16)17(23)14-6-4-3-5-7-14/h3-9H,10-11H2,1-2H3. The number of hydrogen-bond acceptors (Lipinski definition) is 7. The lowest BCUT2D eigenvalue weighted by Gasteiger charge is -2.25. The molecule has 0 saturated carbocycles. The molecule has 1 unspecified atom stereocenters. The van der Waals surface area contributed by atoms with E-state index in [9.17, 15) is 14.4 Å². The predicted molar refractivity (Wildman–Crippen MR) is 94.5 cm³/mol. The molecule has 0 amide bonds. The second kappa shape index (κ2) is 7.29. The fourth-order valence-corrected chi connectivity index (χ4v) is 4.04. The van der Waals surface area contributed by atoms with E-state index in [0.717, 1.165) is 17.3 Å². The number of carbonyl (C=O) groups excluding carboxylic acids is 3. The van der Waals surface area contributed by atoms with Crippen LogP contribution in [0.1, 0.15) is 35.5 Å². The first-order valence-corrected chi connectivity index (χ1v) is 8.82. The van der Waals surface area contributed by atoms with Crippen LogP contribution in [0.15, 0.2) is 47.5 Å². The number of pyridine rings is 1. The average Bonchev–Trinajstić information content (AvgIpc) is 2.97. The minimum Gasteiger partial charge on any atom is -0.459 e. The molecule has 7 heteroatoms. The molecule has 134 valence electrons. The molecule has 1 aromatic carbocycles. The zero-order chi connectivity index (χ0) is 18.7. The van der Waals surface area contributed by atoms with Gasteiger partial charge < -0.3 is 9.47 Å². The molecule has 1 aliphatic rings. The predicted octanol–water partition coefficient (Wildman–Crippen LogP) is 2.94. The van der Waals surface area contributed by atoms with E-state index in [0.29, 0.717) is 16.3 Å². The van der Waals surface area contributed by atoms with Crippen LogP contribution >= 0.6 is 11.8 Å². The number of benzene rings is 1. The molecule has 1 aliphatic heterocycles. The highest BCUT2D eigenvalue weighted by atomic mass is 32.2. The molecule has 0 fully saturated rings. The van der Waals surface area contributed by atoms with Crippen molar-refractivity contribution >= 4 is 29.5 Å². The summed E-state index contributed by atoms with van der Waals surface area (Å²) in [4.78, 5) is 38.8. The summed E-state index contributed by atoms with van der Waals surface area (Å²) in [7, 11) is 0. The monoisotopic (exact) mass is 371 g/mol. The Hall–Kier alpha value is -2.67. The van der Waals surface area contributed by atoms with E-state index in [-0.39, 0.29) is 18.8 Å². The van der Waals surface area contributed by atoms with Gasteiger partial charge in [0.2, 0.25) is 10.7 Å². The van der Waals surface area contributed by atoms with Gasteiger partial charge in [0.1, 0.15) is 11.6 Å². The molecule has 26 heavy (non-hydrogen) atoms. The van der Waals surface area contributed by atoms with Crippen LogP contribution in [0.5, 0.6) is 0 Å². The highest BCUT2D eigenvalue weighted by Crippen LogP contribution is 2.47. The Kier molecular flexibility index (Phi) is 5.08. The summed E-state index contributed by atoms with van der Waals surface area (Å²) in [6.45, 7) is 2.66. The Morgan fingerprint density at radius 2 is 1.81 bits per heavy atom. The highest BCUT2D eigenvalue weighted by molar-refractivity contribution is 8.01. The van der Waals surface area contributed by atoms with Crippen LogP contribution in [0.4, 0.5) is 0 Å². The molecule has 2 aromatic rings. The van der Waals surface area contributed by atoms with Gasteiger partial charge in [-0.05, 0) is 23.4 Å². The van der Waals surface area contributed by atoms with Crippen molar-refractivity contribution in [2.45, 2.75) is 36.8 Å². The molecule has 1 aromatic heterocycles. The molecule has 6 nitrogen and oxygen atoms in total. The number of ether oxygens (including phenoxy) is 2. The largest absolute Gasteiger partial charge is 0.459 e. The molecule has 0 spiro atoms. The van der Waals surface area contributed by atoms with Crippen molar-refractivity contribution in [3.63, 3.8) is 0 Å². The van der Waals surface area contributed by atoms with Gasteiger partial charge >= 0.3 is 11.9 Å². The number of aromatic nitrogens is 1. The van der Waals surface area contributed by atoms with E-state index in [1.54, 1.807) is 30.3 Å². The maximum Gasteiger partial charge on any atom is 0.304 e. The molecule has 0 aliphatic carbocycles. The number of fused-ring (bicyclic) bond motifs is 1. The fraction of sp³-hybridized carbons (Fsp3) is 0.263. The van der Waals surface area contributed by atoms with Crippen LogP contribution in [0.25, 0.3) is 0 Å². The van der Waals surface area contributed by atoms with E-state index in [2.05, 4.69) is 4.98 Å². The minimum absolute atomic E-state index is 0.0520. The van der Waals surface area contributed by atoms with Crippen LogP contribution in [0.2, 0.25) is 0 Å². The molecule has 0 radical (unpaired) electrons. The van der Waals surface area contributed by atoms with Gasteiger partial charge in [-0.25, -0.2) is 4.98 Å². The zero-order valence-electron chi connectivity index (χ0n) is 14.4. The van der Waals surface area contributed by atoms with Crippen molar-refractivity contribution in [1.82, 2.24) is 4.98 Å². The van der Waals surface area contributed by atoms with Gasteiger partial charge in [0.25, 0.3) is 0 Å². The number of Topliss-reactive ketones (excluding diaryl/α,β-unsaturated/α-hetero) is 1. The maximum atomic E-state index is 13.1. The minimum atomic E-state index is -1.37. The number of hydrogen-bond donors (Lipinski definition) is 0. The third-order valence-electron chi connectivity index (χ3n) is 3.80. The Bertz CT molecular complexity index is 867. The highest BCUT2D eigenvalue weighted by Gasteiger charge is 2.49.